The zero-order valence-corrected chi connectivity index (χ0v) is 15.3. The van der Waals surface area contributed by atoms with Crippen LogP contribution >= 0.6 is 11.3 Å². The van der Waals surface area contributed by atoms with Crippen molar-refractivity contribution in [2.24, 2.45) is 4.99 Å². The number of hydrogen-bond acceptors (Lipinski definition) is 4. The van der Waals surface area contributed by atoms with Crippen molar-refractivity contribution in [3.8, 4) is 0 Å². The summed E-state index contributed by atoms with van der Waals surface area (Å²) in [4.78, 5) is 7.43. The second-order valence-electron chi connectivity index (χ2n) is 5.91. The van der Waals surface area contributed by atoms with Crippen molar-refractivity contribution >= 4 is 17.3 Å². The Kier molecular flexibility index (Phi) is 5.85. The average Bonchev–Trinajstić information content (AvgIpc) is 3.24. The van der Waals surface area contributed by atoms with E-state index in [1.54, 1.807) is 0 Å². The first-order valence-electron chi connectivity index (χ1n) is 8.80. The Hall–Kier alpha value is -1.89. The smallest absolute Gasteiger partial charge is 0.191 e. The summed E-state index contributed by atoms with van der Waals surface area (Å²) >= 11 is 1.86. The molecular formula is C17H26N6S. The Labute approximate surface area is 147 Å². The molecule has 0 radical (unpaired) electrons. The van der Waals surface area contributed by atoms with E-state index in [0.717, 1.165) is 50.1 Å². The zero-order valence-electron chi connectivity index (χ0n) is 14.5. The van der Waals surface area contributed by atoms with E-state index in [0.29, 0.717) is 6.54 Å². The third-order valence-corrected chi connectivity index (χ3v) is 5.38. The van der Waals surface area contributed by atoms with Crippen LogP contribution in [0.3, 0.4) is 0 Å². The molecule has 3 rings (SSSR count). The quantitative estimate of drug-likeness (QED) is 0.623. The molecule has 2 aromatic rings. The minimum absolute atomic E-state index is 0.562. The summed E-state index contributed by atoms with van der Waals surface area (Å²) in [6.45, 7) is 7.49. The fraction of sp³-hybridized carbons (Fsp3) is 0.588. The molecule has 0 saturated carbocycles. The maximum Gasteiger partial charge on any atom is 0.191 e. The van der Waals surface area contributed by atoms with Crippen LogP contribution in [0.5, 0.6) is 0 Å². The monoisotopic (exact) mass is 346 g/mol. The summed E-state index contributed by atoms with van der Waals surface area (Å²) < 4.78 is 2.23. The second-order valence-corrected chi connectivity index (χ2v) is 7.16. The number of aryl methyl sites for hydroxylation is 2. The molecule has 2 N–H and O–H groups in total. The Morgan fingerprint density at radius 3 is 2.88 bits per heavy atom. The summed E-state index contributed by atoms with van der Waals surface area (Å²) in [5.74, 6) is 2.90. The first-order valence-corrected chi connectivity index (χ1v) is 9.62. The van der Waals surface area contributed by atoms with Crippen molar-refractivity contribution < 1.29 is 0 Å². The van der Waals surface area contributed by atoms with E-state index in [9.17, 15) is 0 Å². The average molecular weight is 347 g/mol. The van der Waals surface area contributed by atoms with E-state index < -0.39 is 0 Å². The highest BCUT2D eigenvalue weighted by Gasteiger charge is 2.15. The topological polar surface area (TPSA) is 67.1 Å². The van der Waals surface area contributed by atoms with Crippen LogP contribution in [0.1, 0.15) is 48.1 Å². The van der Waals surface area contributed by atoms with Crippen LogP contribution in [-0.4, -0.2) is 27.3 Å². The van der Waals surface area contributed by atoms with Crippen molar-refractivity contribution in [1.29, 1.82) is 0 Å². The Bertz CT molecular complexity index is 687. The van der Waals surface area contributed by atoms with Crippen molar-refractivity contribution in [3.05, 3.63) is 33.5 Å². The fourth-order valence-electron chi connectivity index (χ4n) is 2.86. The molecule has 0 atom stereocenters. The summed E-state index contributed by atoms with van der Waals surface area (Å²) in [6.07, 6.45) is 4.55. The molecule has 0 aliphatic carbocycles. The Balaban J connectivity index is 1.61. The van der Waals surface area contributed by atoms with E-state index in [4.69, 9.17) is 0 Å². The highest BCUT2D eigenvalue weighted by atomic mass is 32.1. The minimum Gasteiger partial charge on any atom is -0.357 e. The number of aromatic nitrogens is 3. The van der Waals surface area contributed by atoms with E-state index in [2.05, 4.69) is 56.4 Å². The number of fused-ring (bicyclic) bond motifs is 1. The van der Waals surface area contributed by atoms with E-state index in [1.807, 2.05) is 11.3 Å². The molecule has 6 nitrogen and oxygen atoms in total. The molecule has 0 spiro atoms. The van der Waals surface area contributed by atoms with Crippen LogP contribution in [-0.2, 0) is 32.5 Å². The van der Waals surface area contributed by atoms with Gasteiger partial charge < -0.3 is 15.2 Å². The van der Waals surface area contributed by atoms with Gasteiger partial charge in [0, 0.05) is 29.3 Å². The van der Waals surface area contributed by atoms with Gasteiger partial charge in [-0.2, -0.15) is 0 Å². The molecule has 0 amide bonds. The van der Waals surface area contributed by atoms with Crippen LogP contribution in [0.15, 0.2) is 17.1 Å². The van der Waals surface area contributed by atoms with Gasteiger partial charge in [0.25, 0.3) is 0 Å². The van der Waals surface area contributed by atoms with Gasteiger partial charge in [0.1, 0.15) is 12.4 Å². The summed E-state index contributed by atoms with van der Waals surface area (Å²) in [5, 5.41) is 15.3. The van der Waals surface area contributed by atoms with Gasteiger partial charge in [-0.05, 0) is 38.3 Å². The van der Waals surface area contributed by atoms with E-state index >= 15 is 0 Å². The summed E-state index contributed by atoms with van der Waals surface area (Å²) in [7, 11) is 0. The number of aliphatic imine (C=N–C) groups is 1. The maximum absolute atomic E-state index is 4.68. The van der Waals surface area contributed by atoms with Crippen molar-refractivity contribution in [1.82, 2.24) is 25.4 Å². The molecule has 2 aromatic heterocycles. The molecule has 3 heterocycles. The molecule has 0 bridgehead atoms. The first kappa shape index (κ1) is 17.0. The van der Waals surface area contributed by atoms with Gasteiger partial charge in [0.05, 0.1) is 6.54 Å². The van der Waals surface area contributed by atoms with Gasteiger partial charge >= 0.3 is 0 Å². The highest BCUT2D eigenvalue weighted by molar-refractivity contribution is 7.11. The van der Waals surface area contributed by atoms with E-state index in [1.165, 1.54) is 22.6 Å². The van der Waals surface area contributed by atoms with Gasteiger partial charge in [-0.25, -0.2) is 4.99 Å². The lowest BCUT2D eigenvalue weighted by molar-refractivity contribution is 0.508. The van der Waals surface area contributed by atoms with Crippen LogP contribution < -0.4 is 10.6 Å². The number of nitrogens with zero attached hydrogens (tertiary/aromatic N) is 4. The highest BCUT2D eigenvalue weighted by Crippen LogP contribution is 2.17. The lowest BCUT2D eigenvalue weighted by atomic mass is 10.2. The molecule has 0 aromatic carbocycles. The van der Waals surface area contributed by atoms with Crippen LogP contribution in [0.4, 0.5) is 0 Å². The van der Waals surface area contributed by atoms with Crippen molar-refractivity contribution in [2.75, 3.05) is 6.54 Å². The predicted octanol–water partition coefficient (Wildman–Crippen LogP) is 2.49. The molecule has 1 aliphatic rings. The number of hydrogen-bond donors (Lipinski definition) is 2. The van der Waals surface area contributed by atoms with Crippen molar-refractivity contribution in [3.63, 3.8) is 0 Å². The molecule has 0 unspecified atom stereocenters. The predicted molar refractivity (Wildman–Crippen MR) is 98.3 cm³/mol. The SMILES string of the molecule is CCNC(=NCc1nnc2n1CCCC2)NCc1ccc(CC)s1. The van der Waals surface area contributed by atoms with Gasteiger partial charge in [-0.1, -0.05) is 6.92 Å². The number of guanidine groups is 1. The van der Waals surface area contributed by atoms with E-state index in [-0.39, 0.29) is 0 Å². The molecular weight excluding hydrogens is 320 g/mol. The Morgan fingerprint density at radius 2 is 2.08 bits per heavy atom. The van der Waals surface area contributed by atoms with Crippen LogP contribution in [0.2, 0.25) is 0 Å². The number of nitrogens with one attached hydrogen (secondary N) is 2. The molecule has 1 aliphatic heterocycles. The van der Waals surface area contributed by atoms with Crippen LogP contribution in [0.25, 0.3) is 0 Å². The van der Waals surface area contributed by atoms with Gasteiger partial charge in [0.15, 0.2) is 11.8 Å². The van der Waals surface area contributed by atoms with Gasteiger partial charge in [0.2, 0.25) is 0 Å². The molecule has 0 saturated heterocycles. The fourth-order valence-corrected chi connectivity index (χ4v) is 3.75. The lowest BCUT2D eigenvalue weighted by Gasteiger charge is -2.14. The maximum atomic E-state index is 4.68. The molecule has 130 valence electrons. The molecule has 24 heavy (non-hydrogen) atoms. The standard InChI is InChI=1S/C17H26N6S/c1-3-13-8-9-14(24-13)11-19-17(18-4-2)20-12-16-22-21-15-7-5-6-10-23(15)16/h8-9H,3-7,10-12H2,1-2H3,(H2,18,19,20). The Morgan fingerprint density at radius 1 is 1.21 bits per heavy atom. The largest absolute Gasteiger partial charge is 0.357 e. The van der Waals surface area contributed by atoms with Crippen molar-refractivity contribution in [2.45, 2.75) is 59.2 Å². The van der Waals surface area contributed by atoms with Gasteiger partial charge in [-0.3, -0.25) is 0 Å². The zero-order chi connectivity index (χ0) is 16.8. The normalized spacial score (nSPS) is 14.5. The second kappa shape index (κ2) is 8.28. The number of rotatable bonds is 6. The third-order valence-electron chi connectivity index (χ3n) is 4.15. The molecule has 0 fully saturated rings. The van der Waals surface area contributed by atoms with Crippen LogP contribution in [0, 0.1) is 0 Å². The number of thiophene rings is 1. The van der Waals surface area contributed by atoms with Gasteiger partial charge in [-0.15, -0.1) is 21.5 Å². The first-order chi connectivity index (χ1) is 11.8. The third kappa shape index (κ3) is 4.14. The summed E-state index contributed by atoms with van der Waals surface area (Å²) in [5.41, 5.74) is 0. The minimum atomic E-state index is 0.562. The molecule has 7 heteroatoms. The lowest BCUT2D eigenvalue weighted by Crippen LogP contribution is -2.36. The summed E-state index contributed by atoms with van der Waals surface area (Å²) in [6, 6.07) is 4.39.